The molecule has 1 aromatic heterocycles. The largest absolute Gasteiger partial charge is 0.335 e. The fraction of sp³-hybridized carbons (Fsp3) is 0.526. The van der Waals surface area contributed by atoms with Crippen molar-refractivity contribution in [2.75, 3.05) is 39.3 Å². The first kappa shape index (κ1) is 19.8. The van der Waals surface area contributed by atoms with E-state index < -0.39 is 0 Å². The number of halogens is 1. The summed E-state index contributed by atoms with van der Waals surface area (Å²) in [5.41, 5.74) is 0.559. The number of amides is 1. The number of rotatable bonds is 3. The number of nitrogens with one attached hydrogen (secondary N) is 1. The van der Waals surface area contributed by atoms with Gasteiger partial charge in [-0.2, -0.15) is 5.10 Å². The number of benzene rings is 1. The summed E-state index contributed by atoms with van der Waals surface area (Å²) in [6, 6.07) is 7.74. The van der Waals surface area contributed by atoms with Crippen molar-refractivity contribution >= 4 is 29.2 Å². The average molecular weight is 392 g/mol. The molecular formula is C19H26ClN5O2. The number of hydrogen-bond acceptors (Lipinski definition) is 5. The van der Waals surface area contributed by atoms with Crippen molar-refractivity contribution in [1.82, 2.24) is 24.9 Å². The lowest BCUT2D eigenvalue weighted by Gasteiger charge is -2.32. The van der Waals surface area contributed by atoms with E-state index in [4.69, 9.17) is 0 Å². The molecule has 1 amide bonds. The number of para-hydroxylation sites is 1. The van der Waals surface area contributed by atoms with Crippen LogP contribution in [0.4, 0.5) is 0 Å². The molecule has 0 saturated carbocycles. The molecular weight excluding hydrogens is 366 g/mol. The van der Waals surface area contributed by atoms with E-state index in [1.807, 2.05) is 25.1 Å². The molecule has 0 bridgehead atoms. The molecule has 4 rings (SSSR count). The Morgan fingerprint density at radius 2 is 1.96 bits per heavy atom. The normalized spacial score (nSPS) is 20.6. The number of hydrogen-bond donors (Lipinski definition) is 1. The SMILES string of the molecule is CCn1nc(C(=O)N2CCC(N3CCNCC3)C2)c(=O)c2ccccc21.Cl. The topological polar surface area (TPSA) is 70.5 Å². The maximum absolute atomic E-state index is 13.0. The fourth-order valence-electron chi connectivity index (χ4n) is 4.04. The highest BCUT2D eigenvalue weighted by Gasteiger charge is 2.33. The van der Waals surface area contributed by atoms with Gasteiger partial charge in [0.25, 0.3) is 5.91 Å². The molecule has 8 heteroatoms. The molecule has 27 heavy (non-hydrogen) atoms. The van der Waals surface area contributed by atoms with Gasteiger partial charge in [0, 0.05) is 57.2 Å². The van der Waals surface area contributed by atoms with Crippen LogP contribution >= 0.6 is 12.4 Å². The number of fused-ring (bicyclic) bond motifs is 1. The molecule has 1 unspecified atom stereocenters. The second-order valence-electron chi connectivity index (χ2n) is 6.99. The number of carbonyl (C=O) groups is 1. The number of aryl methyl sites for hydroxylation is 1. The Morgan fingerprint density at radius 3 is 2.70 bits per heavy atom. The molecule has 1 aromatic carbocycles. The van der Waals surface area contributed by atoms with Crippen LogP contribution in [0.1, 0.15) is 23.8 Å². The number of piperazine rings is 1. The van der Waals surface area contributed by atoms with Crippen LogP contribution in [-0.4, -0.2) is 70.8 Å². The number of aromatic nitrogens is 2. The van der Waals surface area contributed by atoms with Gasteiger partial charge < -0.3 is 10.2 Å². The summed E-state index contributed by atoms with van der Waals surface area (Å²) < 4.78 is 1.74. The molecule has 0 spiro atoms. The summed E-state index contributed by atoms with van der Waals surface area (Å²) in [6.07, 6.45) is 0.960. The van der Waals surface area contributed by atoms with Crippen LogP contribution in [0.3, 0.4) is 0 Å². The Morgan fingerprint density at radius 1 is 1.22 bits per heavy atom. The molecule has 2 aromatic rings. The zero-order chi connectivity index (χ0) is 18.1. The van der Waals surface area contributed by atoms with E-state index in [2.05, 4.69) is 15.3 Å². The quantitative estimate of drug-likeness (QED) is 0.843. The van der Waals surface area contributed by atoms with E-state index in [1.165, 1.54) is 0 Å². The lowest BCUT2D eigenvalue weighted by Crippen LogP contribution is -2.49. The number of carbonyl (C=O) groups excluding carboxylic acids is 1. The summed E-state index contributed by atoms with van der Waals surface area (Å²) in [7, 11) is 0. The molecule has 0 radical (unpaired) electrons. The zero-order valence-corrected chi connectivity index (χ0v) is 16.4. The van der Waals surface area contributed by atoms with Gasteiger partial charge in [-0.05, 0) is 25.5 Å². The fourth-order valence-corrected chi connectivity index (χ4v) is 4.04. The van der Waals surface area contributed by atoms with Gasteiger partial charge in [0.2, 0.25) is 5.43 Å². The average Bonchev–Trinajstić information content (AvgIpc) is 3.19. The maximum atomic E-state index is 13.0. The van der Waals surface area contributed by atoms with Gasteiger partial charge in [-0.3, -0.25) is 19.2 Å². The summed E-state index contributed by atoms with van der Waals surface area (Å²) in [5, 5.41) is 8.31. The molecule has 2 fully saturated rings. The molecule has 1 N–H and O–H groups in total. The summed E-state index contributed by atoms with van der Waals surface area (Å²) in [5.74, 6) is -0.236. The first-order valence-corrected chi connectivity index (χ1v) is 9.43. The Labute approximate surface area is 164 Å². The minimum atomic E-state index is -0.263. The van der Waals surface area contributed by atoms with Gasteiger partial charge in [-0.15, -0.1) is 12.4 Å². The third-order valence-electron chi connectivity index (χ3n) is 5.48. The minimum Gasteiger partial charge on any atom is -0.335 e. The zero-order valence-electron chi connectivity index (χ0n) is 15.6. The van der Waals surface area contributed by atoms with Crippen LogP contribution in [0.25, 0.3) is 10.9 Å². The van der Waals surface area contributed by atoms with Crippen LogP contribution in [0.5, 0.6) is 0 Å². The number of nitrogens with zero attached hydrogens (tertiary/aromatic N) is 4. The highest BCUT2D eigenvalue weighted by Crippen LogP contribution is 2.18. The van der Waals surface area contributed by atoms with E-state index in [1.54, 1.807) is 15.6 Å². The van der Waals surface area contributed by atoms with Gasteiger partial charge in [0.1, 0.15) is 0 Å². The summed E-state index contributed by atoms with van der Waals surface area (Å²) in [6.45, 7) is 7.98. The Hall–Kier alpha value is -1.96. The molecule has 146 valence electrons. The Bertz CT molecular complexity index is 878. The molecule has 3 heterocycles. The highest BCUT2D eigenvalue weighted by molar-refractivity contribution is 5.95. The predicted octanol–water partition coefficient (Wildman–Crippen LogP) is 0.958. The van der Waals surface area contributed by atoms with Crippen LogP contribution in [0.2, 0.25) is 0 Å². The lowest BCUT2D eigenvalue weighted by molar-refractivity contribution is 0.0764. The first-order chi connectivity index (χ1) is 12.7. The first-order valence-electron chi connectivity index (χ1n) is 9.43. The van der Waals surface area contributed by atoms with Crippen molar-refractivity contribution in [2.24, 2.45) is 0 Å². The molecule has 2 aliphatic heterocycles. The minimum absolute atomic E-state index is 0. The van der Waals surface area contributed by atoms with Crippen molar-refractivity contribution in [2.45, 2.75) is 25.9 Å². The van der Waals surface area contributed by atoms with Gasteiger partial charge in [-0.25, -0.2) is 0 Å². The van der Waals surface area contributed by atoms with Crippen molar-refractivity contribution in [1.29, 1.82) is 0 Å². The van der Waals surface area contributed by atoms with Crippen molar-refractivity contribution in [3.63, 3.8) is 0 Å². The van der Waals surface area contributed by atoms with Gasteiger partial charge in [0.05, 0.1) is 5.52 Å². The predicted molar refractivity (Wildman–Crippen MR) is 108 cm³/mol. The molecule has 2 aliphatic rings. The van der Waals surface area contributed by atoms with Gasteiger partial charge in [-0.1, -0.05) is 12.1 Å². The molecule has 1 atom stereocenters. The third-order valence-corrected chi connectivity index (χ3v) is 5.48. The van der Waals surface area contributed by atoms with Crippen LogP contribution in [0.15, 0.2) is 29.1 Å². The monoisotopic (exact) mass is 391 g/mol. The van der Waals surface area contributed by atoms with E-state index in [9.17, 15) is 9.59 Å². The number of likely N-dealkylation sites (tertiary alicyclic amines) is 1. The summed E-state index contributed by atoms with van der Waals surface area (Å²) >= 11 is 0. The Balaban J connectivity index is 0.00000210. The van der Waals surface area contributed by atoms with E-state index in [0.717, 1.165) is 38.1 Å². The van der Waals surface area contributed by atoms with Gasteiger partial charge >= 0.3 is 0 Å². The maximum Gasteiger partial charge on any atom is 0.278 e. The summed E-state index contributed by atoms with van der Waals surface area (Å²) in [4.78, 5) is 30.1. The smallest absolute Gasteiger partial charge is 0.278 e. The van der Waals surface area contributed by atoms with Crippen molar-refractivity contribution < 1.29 is 4.79 Å². The second-order valence-corrected chi connectivity index (χ2v) is 6.99. The standard InChI is InChI=1S/C19H25N5O2.ClH/c1-2-24-16-6-4-3-5-15(16)18(25)17(21-24)19(26)23-10-7-14(13-23)22-11-8-20-9-12-22;/h3-6,14,20H,2,7-13H2,1H3;1H. The van der Waals surface area contributed by atoms with Crippen molar-refractivity contribution in [3.05, 3.63) is 40.2 Å². The van der Waals surface area contributed by atoms with E-state index >= 15 is 0 Å². The van der Waals surface area contributed by atoms with E-state index in [-0.39, 0.29) is 29.4 Å². The van der Waals surface area contributed by atoms with Gasteiger partial charge in [0.15, 0.2) is 5.69 Å². The third kappa shape index (κ3) is 3.72. The molecule has 2 saturated heterocycles. The molecule has 0 aliphatic carbocycles. The van der Waals surface area contributed by atoms with Crippen LogP contribution < -0.4 is 10.7 Å². The lowest BCUT2D eigenvalue weighted by atomic mass is 10.2. The van der Waals surface area contributed by atoms with Crippen LogP contribution in [0, 0.1) is 0 Å². The second kappa shape index (κ2) is 8.37. The van der Waals surface area contributed by atoms with E-state index in [0.29, 0.717) is 31.1 Å². The van der Waals surface area contributed by atoms with Crippen LogP contribution in [-0.2, 0) is 6.54 Å². The Kier molecular flexibility index (Phi) is 6.14. The highest BCUT2D eigenvalue weighted by atomic mass is 35.5. The molecule has 7 nitrogen and oxygen atoms in total. The van der Waals surface area contributed by atoms with Crippen molar-refractivity contribution in [3.8, 4) is 0 Å².